The number of nitrogens with one attached hydrogen (secondary N) is 2. The Morgan fingerprint density at radius 3 is 2.53 bits per heavy atom. The van der Waals surface area contributed by atoms with Crippen molar-refractivity contribution < 1.29 is 22.7 Å². The van der Waals surface area contributed by atoms with Crippen LogP contribution in [0.5, 0.6) is 11.5 Å². The molecule has 0 atom stereocenters. The van der Waals surface area contributed by atoms with Crippen LogP contribution in [0.1, 0.15) is 5.56 Å². The molecular weight excluding hydrogens is 456 g/mol. The van der Waals surface area contributed by atoms with E-state index in [4.69, 9.17) is 9.47 Å². The third-order valence-electron chi connectivity index (χ3n) is 4.91. The van der Waals surface area contributed by atoms with Crippen molar-refractivity contribution in [1.82, 2.24) is 10.3 Å². The number of carbonyl (C=O) groups excluding carboxylic acids is 1. The number of methoxy groups -OCH3 is 1. The van der Waals surface area contributed by atoms with E-state index in [-0.39, 0.29) is 10.6 Å². The van der Waals surface area contributed by atoms with Crippen molar-refractivity contribution in [3.05, 3.63) is 72.6 Å². The Labute approximate surface area is 199 Å². The summed E-state index contributed by atoms with van der Waals surface area (Å²) in [7, 11) is -1.27. The van der Waals surface area contributed by atoms with Crippen molar-refractivity contribution in [1.29, 1.82) is 0 Å². The van der Waals surface area contributed by atoms with Crippen LogP contribution in [0.25, 0.3) is 0 Å². The average Bonchev–Trinajstić information content (AvgIpc) is 2.85. The Balaban J connectivity index is 1.87. The number of rotatable bonds is 11. The maximum Gasteiger partial charge on any atom is 0.268 e. The SMILES string of the molecule is CNC(=O)CN(c1cc(C)cc(OCCNc2ccncc2)c1)S(=O)(=O)c1ccccc1OC. The van der Waals surface area contributed by atoms with Crippen LogP contribution in [0, 0.1) is 6.92 Å². The zero-order valence-electron chi connectivity index (χ0n) is 19.3. The summed E-state index contributed by atoms with van der Waals surface area (Å²) in [6.45, 7) is 2.32. The summed E-state index contributed by atoms with van der Waals surface area (Å²) in [4.78, 5) is 16.2. The Bertz CT molecular complexity index is 1220. The van der Waals surface area contributed by atoms with Crippen molar-refractivity contribution >= 4 is 27.3 Å². The molecule has 0 aliphatic rings. The lowest BCUT2D eigenvalue weighted by molar-refractivity contribution is -0.119. The molecule has 9 nitrogen and oxygen atoms in total. The molecule has 3 aromatic rings. The van der Waals surface area contributed by atoms with Crippen LogP contribution in [0.4, 0.5) is 11.4 Å². The van der Waals surface area contributed by atoms with Gasteiger partial charge >= 0.3 is 0 Å². The molecule has 2 aromatic carbocycles. The van der Waals surface area contributed by atoms with Crippen molar-refractivity contribution in [2.24, 2.45) is 0 Å². The van der Waals surface area contributed by atoms with Gasteiger partial charge in [0.1, 0.15) is 29.5 Å². The standard InChI is InChI=1S/C24H28N4O5S/c1-18-14-20(16-21(15-18)33-13-12-27-19-8-10-26-11-9-19)28(17-24(29)25-2)34(30,31)23-7-5-4-6-22(23)32-3/h4-11,14-16H,12-13,17H2,1-3H3,(H,25,29)(H,26,27). The van der Waals surface area contributed by atoms with E-state index >= 15 is 0 Å². The van der Waals surface area contributed by atoms with Crippen LogP contribution in [0.3, 0.4) is 0 Å². The van der Waals surface area contributed by atoms with Gasteiger partial charge in [-0.3, -0.25) is 14.1 Å². The van der Waals surface area contributed by atoms with Crippen LogP contribution < -0.4 is 24.4 Å². The molecule has 0 unspecified atom stereocenters. The molecule has 1 heterocycles. The fraction of sp³-hybridized carbons (Fsp3) is 0.250. The summed E-state index contributed by atoms with van der Waals surface area (Å²) in [6, 6.07) is 15.1. The smallest absolute Gasteiger partial charge is 0.268 e. The van der Waals surface area contributed by atoms with Gasteiger partial charge in [-0.2, -0.15) is 0 Å². The second-order valence-corrected chi connectivity index (χ2v) is 9.18. The summed E-state index contributed by atoms with van der Waals surface area (Å²) >= 11 is 0. The first-order valence-corrected chi connectivity index (χ1v) is 12.0. The van der Waals surface area contributed by atoms with Gasteiger partial charge in [-0.05, 0) is 48.9 Å². The van der Waals surface area contributed by atoms with Crippen LogP contribution in [-0.4, -0.2) is 53.2 Å². The maximum atomic E-state index is 13.6. The average molecular weight is 485 g/mol. The van der Waals surface area contributed by atoms with Crippen LogP contribution in [0.15, 0.2) is 71.9 Å². The first-order valence-electron chi connectivity index (χ1n) is 10.6. The number of para-hydroxylation sites is 1. The molecule has 0 spiro atoms. The van der Waals surface area contributed by atoms with E-state index in [1.807, 2.05) is 25.1 Å². The highest BCUT2D eigenvalue weighted by molar-refractivity contribution is 7.93. The predicted octanol–water partition coefficient (Wildman–Crippen LogP) is 2.83. The van der Waals surface area contributed by atoms with Crippen molar-refractivity contribution in [3.63, 3.8) is 0 Å². The first kappa shape index (κ1) is 24.8. The minimum absolute atomic E-state index is 0.0353. The molecule has 1 aromatic heterocycles. The highest BCUT2D eigenvalue weighted by atomic mass is 32.2. The van der Waals surface area contributed by atoms with E-state index in [0.717, 1.165) is 15.6 Å². The number of benzene rings is 2. The molecule has 2 N–H and O–H groups in total. The van der Waals surface area contributed by atoms with E-state index in [1.54, 1.807) is 42.7 Å². The summed E-state index contributed by atoms with van der Waals surface area (Å²) in [5, 5.41) is 5.70. The zero-order chi connectivity index (χ0) is 24.6. The molecule has 34 heavy (non-hydrogen) atoms. The molecule has 0 aliphatic heterocycles. The number of aryl methyl sites for hydroxylation is 1. The molecule has 0 saturated carbocycles. The number of ether oxygens (including phenoxy) is 2. The number of carbonyl (C=O) groups is 1. The predicted molar refractivity (Wildman–Crippen MR) is 131 cm³/mol. The largest absolute Gasteiger partial charge is 0.495 e. The fourth-order valence-corrected chi connectivity index (χ4v) is 4.83. The van der Waals surface area contributed by atoms with Crippen molar-refractivity contribution in [3.8, 4) is 11.5 Å². The van der Waals surface area contributed by atoms with Gasteiger partial charge in [-0.1, -0.05) is 12.1 Å². The molecule has 1 amide bonds. The molecule has 0 aliphatic carbocycles. The van der Waals surface area contributed by atoms with E-state index in [9.17, 15) is 13.2 Å². The van der Waals surface area contributed by atoms with Gasteiger partial charge in [-0.25, -0.2) is 8.42 Å². The van der Waals surface area contributed by atoms with Crippen molar-refractivity contribution in [2.75, 3.05) is 43.5 Å². The normalized spacial score (nSPS) is 10.9. The minimum Gasteiger partial charge on any atom is -0.495 e. The molecular formula is C24H28N4O5S. The molecule has 10 heteroatoms. The van der Waals surface area contributed by atoms with Gasteiger partial charge in [0.25, 0.3) is 10.0 Å². The van der Waals surface area contributed by atoms with Gasteiger partial charge in [0.05, 0.1) is 12.8 Å². The summed E-state index contributed by atoms with van der Waals surface area (Å²) in [6.07, 6.45) is 3.39. The fourth-order valence-electron chi connectivity index (χ4n) is 3.26. The van der Waals surface area contributed by atoms with E-state index < -0.39 is 22.5 Å². The third-order valence-corrected chi connectivity index (χ3v) is 6.72. The highest BCUT2D eigenvalue weighted by Crippen LogP contribution is 2.32. The summed E-state index contributed by atoms with van der Waals surface area (Å²) in [5.74, 6) is 0.225. The number of hydrogen-bond acceptors (Lipinski definition) is 7. The lowest BCUT2D eigenvalue weighted by Crippen LogP contribution is -2.40. The topological polar surface area (TPSA) is 110 Å². The quantitative estimate of drug-likeness (QED) is 0.403. The number of nitrogens with zero attached hydrogens (tertiary/aromatic N) is 2. The molecule has 0 radical (unpaired) electrons. The van der Waals surface area contributed by atoms with Gasteiger partial charge in [-0.15, -0.1) is 0 Å². The van der Waals surface area contributed by atoms with Gasteiger partial charge in [0.2, 0.25) is 5.91 Å². The summed E-state index contributed by atoms with van der Waals surface area (Å²) in [5.41, 5.74) is 2.02. The Hall–Kier alpha value is -3.79. The Morgan fingerprint density at radius 1 is 1.09 bits per heavy atom. The lowest BCUT2D eigenvalue weighted by atomic mass is 10.2. The van der Waals surface area contributed by atoms with Crippen molar-refractivity contribution in [2.45, 2.75) is 11.8 Å². The number of hydrogen-bond donors (Lipinski definition) is 2. The maximum absolute atomic E-state index is 13.6. The number of aromatic nitrogens is 1. The molecule has 0 fully saturated rings. The second kappa shape index (κ2) is 11.4. The number of amides is 1. The molecule has 180 valence electrons. The van der Waals surface area contributed by atoms with Crippen LogP contribution in [0.2, 0.25) is 0 Å². The summed E-state index contributed by atoms with van der Waals surface area (Å²) < 4.78 is 39.4. The Kier molecular flexibility index (Phi) is 8.31. The first-order chi connectivity index (χ1) is 16.3. The van der Waals surface area contributed by atoms with Gasteiger partial charge in [0, 0.05) is 37.7 Å². The number of sulfonamides is 1. The molecule has 0 bridgehead atoms. The van der Waals surface area contributed by atoms with E-state index in [1.165, 1.54) is 20.2 Å². The van der Waals surface area contributed by atoms with Crippen LogP contribution in [-0.2, 0) is 14.8 Å². The van der Waals surface area contributed by atoms with E-state index in [2.05, 4.69) is 15.6 Å². The van der Waals surface area contributed by atoms with E-state index in [0.29, 0.717) is 24.6 Å². The Morgan fingerprint density at radius 2 is 1.82 bits per heavy atom. The second-order valence-electron chi connectivity index (χ2n) is 7.35. The van der Waals surface area contributed by atoms with Crippen LogP contribution >= 0.6 is 0 Å². The monoisotopic (exact) mass is 484 g/mol. The van der Waals surface area contributed by atoms with Gasteiger partial charge in [0.15, 0.2) is 0 Å². The molecule has 0 saturated heterocycles. The van der Waals surface area contributed by atoms with Gasteiger partial charge < -0.3 is 20.1 Å². The number of likely N-dealkylation sites (N-methyl/N-ethyl adjacent to an activating group) is 1. The number of anilines is 2. The zero-order valence-corrected chi connectivity index (χ0v) is 20.1. The minimum atomic E-state index is -4.12. The third kappa shape index (κ3) is 6.16. The lowest BCUT2D eigenvalue weighted by Gasteiger charge is -2.25. The molecule has 3 rings (SSSR count). The highest BCUT2D eigenvalue weighted by Gasteiger charge is 2.30. The number of pyridine rings is 1.